The summed E-state index contributed by atoms with van der Waals surface area (Å²) in [6.07, 6.45) is 1.58. The summed E-state index contributed by atoms with van der Waals surface area (Å²) in [5.74, 6) is 0. The molecule has 0 saturated carbocycles. The Morgan fingerprint density at radius 1 is 1.35 bits per heavy atom. The van der Waals surface area contributed by atoms with Crippen LogP contribution < -0.4 is 10.0 Å². The Bertz CT molecular complexity index is 440. The number of aromatic nitrogens is 1. The summed E-state index contributed by atoms with van der Waals surface area (Å²) in [5, 5.41) is 3.30. The number of hydrogen-bond acceptors (Lipinski definition) is 4. The van der Waals surface area contributed by atoms with Crippen molar-refractivity contribution in [1.82, 2.24) is 15.0 Å². The van der Waals surface area contributed by atoms with E-state index in [-0.39, 0.29) is 5.03 Å². The molecule has 2 N–H and O–H groups in total. The molecule has 0 radical (unpaired) electrons. The lowest BCUT2D eigenvalue weighted by Gasteiger charge is -2.08. The van der Waals surface area contributed by atoms with E-state index in [1.54, 1.807) is 19.2 Å². The fourth-order valence-corrected chi connectivity index (χ4v) is 2.23. The summed E-state index contributed by atoms with van der Waals surface area (Å²) >= 11 is 0. The summed E-state index contributed by atoms with van der Waals surface area (Å²) in [6, 6.07) is 3.68. The first kappa shape index (κ1) is 14.1. The van der Waals surface area contributed by atoms with Crippen LogP contribution in [0.1, 0.15) is 26.3 Å². The summed E-state index contributed by atoms with van der Waals surface area (Å²) in [6.45, 7) is 6.89. The summed E-state index contributed by atoms with van der Waals surface area (Å²) < 4.78 is 25.6. The third kappa shape index (κ3) is 4.41. The Labute approximate surface area is 103 Å². The number of pyridine rings is 1. The summed E-state index contributed by atoms with van der Waals surface area (Å²) in [5.41, 5.74) is 0.967. The third-order valence-electron chi connectivity index (χ3n) is 2.12. The lowest BCUT2D eigenvalue weighted by atomic mass is 10.2. The van der Waals surface area contributed by atoms with E-state index in [0.29, 0.717) is 19.1 Å². The first-order valence-electron chi connectivity index (χ1n) is 5.63. The normalized spacial score (nSPS) is 12.0. The van der Waals surface area contributed by atoms with Crippen molar-refractivity contribution in [2.24, 2.45) is 0 Å². The van der Waals surface area contributed by atoms with Gasteiger partial charge in [-0.3, -0.25) is 0 Å². The van der Waals surface area contributed by atoms with Crippen LogP contribution in [0.3, 0.4) is 0 Å². The molecule has 96 valence electrons. The molecule has 1 rings (SSSR count). The molecule has 1 heterocycles. The van der Waals surface area contributed by atoms with Crippen LogP contribution in [0.4, 0.5) is 0 Å². The number of nitrogens with zero attached hydrogens (tertiary/aromatic N) is 1. The van der Waals surface area contributed by atoms with Gasteiger partial charge in [0.15, 0.2) is 5.03 Å². The average Bonchev–Trinajstić information content (AvgIpc) is 2.27. The average molecular weight is 257 g/mol. The van der Waals surface area contributed by atoms with E-state index in [1.165, 1.54) is 6.07 Å². The number of hydrogen-bond donors (Lipinski definition) is 2. The summed E-state index contributed by atoms with van der Waals surface area (Å²) in [7, 11) is -3.44. The van der Waals surface area contributed by atoms with Crippen LogP contribution in [-0.2, 0) is 16.6 Å². The van der Waals surface area contributed by atoms with Crippen molar-refractivity contribution in [1.29, 1.82) is 0 Å². The zero-order valence-corrected chi connectivity index (χ0v) is 11.2. The largest absolute Gasteiger partial charge is 0.310 e. The Hall–Kier alpha value is -0.980. The molecular weight excluding hydrogens is 238 g/mol. The maximum atomic E-state index is 11.6. The Morgan fingerprint density at radius 3 is 2.53 bits per heavy atom. The van der Waals surface area contributed by atoms with Gasteiger partial charge < -0.3 is 5.32 Å². The van der Waals surface area contributed by atoms with Gasteiger partial charge in [-0.25, -0.2) is 18.1 Å². The molecule has 0 fully saturated rings. The number of sulfonamides is 1. The molecule has 0 aliphatic carbocycles. The molecule has 5 nitrogen and oxygen atoms in total. The molecule has 0 aromatic carbocycles. The van der Waals surface area contributed by atoms with Crippen LogP contribution in [0.2, 0.25) is 0 Å². The molecular formula is C11H19N3O2S. The monoisotopic (exact) mass is 257 g/mol. The first-order valence-corrected chi connectivity index (χ1v) is 7.12. The number of rotatable bonds is 6. The van der Waals surface area contributed by atoms with Gasteiger partial charge in [0.1, 0.15) is 0 Å². The number of nitrogens with one attached hydrogen (secondary N) is 2. The van der Waals surface area contributed by atoms with Crippen molar-refractivity contribution in [2.45, 2.75) is 38.4 Å². The topological polar surface area (TPSA) is 71.1 Å². The lowest BCUT2D eigenvalue weighted by Crippen LogP contribution is -2.24. The maximum Gasteiger partial charge on any atom is 0.258 e. The molecule has 17 heavy (non-hydrogen) atoms. The molecule has 0 amide bonds. The van der Waals surface area contributed by atoms with E-state index in [2.05, 4.69) is 28.9 Å². The smallest absolute Gasteiger partial charge is 0.258 e. The van der Waals surface area contributed by atoms with Gasteiger partial charge in [-0.2, -0.15) is 0 Å². The van der Waals surface area contributed by atoms with Crippen molar-refractivity contribution in [3.05, 3.63) is 23.9 Å². The van der Waals surface area contributed by atoms with Crippen molar-refractivity contribution in [3.8, 4) is 0 Å². The van der Waals surface area contributed by atoms with Crippen LogP contribution in [0.15, 0.2) is 23.4 Å². The van der Waals surface area contributed by atoms with E-state index < -0.39 is 10.0 Å². The van der Waals surface area contributed by atoms with Crippen molar-refractivity contribution in [3.63, 3.8) is 0 Å². The highest BCUT2D eigenvalue weighted by molar-refractivity contribution is 7.89. The highest BCUT2D eigenvalue weighted by atomic mass is 32.2. The highest BCUT2D eigenvalue weighted by Crippen LogP contribution is 2.06. The van der Waals surface area contributed by atoms with Gasteiger partial charge in [0, 0.05) is 25.3 Å². The van der Waals surface area contributed by atoms with Crippen LogP contribution in [0.25, 0.3) is 0 Å². The van der Waals surface area contributed by atoms with E-state index in [9.17, 15) is 8.42 Å². The van der Waals surface area contributed by atoms with Gasteiger partial charge >= 0.3 is 0 Å². The van der Waals surface area contributed by atoms with Gasteiger partial charge in [-0.05, 0) is 11.6 Å². The van der Waals surface area contributed by atoms with Crippen molar-refractivity contribution >= 4 is 10.0 Å². The second-order valence-electron chi connectivity index (χ2n) is 4.04. The van der Waals surface area contributed by atoms with Gasteiger partial charge in [0.25, 0.3) is 10.0 Å². The quantitative estimate of drug-likeness (QED) is 0.793. The second kappa shape index (κ2) is 6.09. The fraction of sp³-hybridized carbons (Fsp3) is 0.545. The highest BCUT2D eigenvalue weighted by Gasteiger charge is 2.13. The minimum absolute atomic E-state index is 0.0626. The first-order chi connectivity index (χ1) is 7.95. The Balaban J connectivity index is 2.74. The maximum absolute atomic E-state index is 11.6. The molecule has 0 aliphatic heterocycles. The minimum Gasteiger partial charge on any atom is -0.310 e. The predicted octanol–water partition coefficient (Wildman–Crippen LogP) is 0.878. The lowest BCUT2D eigenvalue weighted by molar-refractivity contribution is 0.577. The second-order valence-corrected chi connectivity index (χ2v) is 5.76. The van der Waals surface area contributed by atoms with Gasteiger partial charge in [0.2, 0.25) is 0 Å². The zero-order valence-electron chi connectivity index (χ0n) is 10.4. The zero-order chi connectivity index (χ0) is 12.9. The van der Waals surface area contributed by atoms with E-state index in [4.69, 9.17) is 0 Å². The standard InChI is InChI=1S/C11H19N3O2S/c1-4-14-17(15,16)11-6-5-10(8-13-11)7-12-9(2)3/h5-6,8-9,12,14H,4,7H2,1-3H3. The molecule has 1 aromatic rings. The summed E-state index contributed by atoms with van der Waals surface area (Å²) in [4.78, 5) is 3.96. The van der Waals surface area contributed by atoms with Crippen LogP contribution >= 0.6 is 0 Å². The van der Waals surface area contributed by atoms with E-state index >= 15 is 0 Å². The minimum atomic E-state index is -3.44. The predicted molar refractivity (Wildman–Crippen MR) is 67.1 cm³/mol. The van der Waals surface area contributed by atoms with Crippen LogP contribution in [0.5, 0.6) is 0 Å². The SMILES string of the molecule is CCNS(=O)(=O)c1ccc(CNC(C)C)cn1. The van der Waals surface area contributed by atoms with Crippen LogP contribution in [-0.4, -0.2) is 26.0 Å². The molecule has 1 aromatic heterocycles. The third-order valence-corrected chi connectivity index (χ3v) is 3.58. The Morgan fingerprint density at radius 2 is 2.06 bits per heavy atom. The molecule has 0 atom stereocenters. The van der Waals surface area contributed by atoms with Gasteiger partial charge in [-0.1, -0.05) is 26.8 Å². The van der Waals surface area contributed by atoms with E-state index in [0.717, 1.165) is 5.56 Å². The molecule has 0 aliphatic rings. The van der Waals surface area contributed by atoms with Gasteiger partial charge in [-0.15, -0.1) is 0 Å². The van der Waals surface area contributed by atoms with E-state index in [1.807, 2.05) is 0 Å². The molecule has 0 unspecified atom stereocenters. The molecule has 6 heteroatoms. The molecule has 0 bridgehead atoms. The Kier molecular flexibility index (Phi) is 5.04. The van der Waals surface area contributed by atoms with Gasteiger partial charge in [0.05, 0.1) is 0 Å². The van der Waals surface area contributed by atoms with Crippen molar-refractivity contribution < 1.29 is 8.42 Å². The van der Waals surface area contributed by atoms with Crippen molar-refractivity contribution in [2.75, 3.05) is 6.54 Å². The molecule has 0 spiro atoms. The van der Waals surface area contributed by atoms with Crippen LogP contribution in [0, 0.1) is 0 Å². The fourth-order valence-electron chi connectivity index (χ4n) is 1.26. The molecule has 0 saturated heterocycles.